The number of hydrogen-bond acceptors (Lipinski definition) is 7. The Kier molecular flexibility index (Phi) is 6.26. The Labute approximate surface area is 211 Å². The van der Waals surface area contributed by atoms with Crippen LogP contribution < -0.4 is 0 Å². The first-order valence-electron chi connectivity index (χ1n) is 12.6. The fourth-order valence-electron chi connectivity index (χ4n) is 4.77. The molecule has 1 saturated heterocycles. The van der Waals surface area contributed by atoms with Gasteiger partial charge in [-0.15, -0.1) is 0 Å². The van der Waals surface area contributed by atoms with Crippen molar-refractivity contribution in [2.45, 2.75) is 68.9 Å². The Morgan fingerprint density at radius 1 is 1.25 bits per heavy atom. The quantitative estimate of drug-likeness (QED) is 0.494. The molecule has 3 aliphatic rings. The number of nitrogens with zero attached hydrogens (tertiary/aromatic N) is 4. The fraction of sp³-hybridized carbons (Fsp3) is 0.556. The fourth-order valence-corrected chi connectivity index (χ4v) is 4.77. The van der Waals surface area contributed by atoms with Crippen LogP contribution in [0.3, 0.4) is 0 Å². The number of aromatic nitrogens is 2. The first-order valence-corrected chi connectivity index (χ1v) is 12.6. The maximum absolute atomic E-state index is 13.0. The van der Waals surface area contributed by atoms with Crippen molar-refractivity contribution in [1.29, 1.82) is 0 Å². The molecule has 2 aromatic rings. The van der Waals surface area contributed by atoms with Gasteiger partial charge in [-0.2, -0.15) is 4.98 Å². The molecule has 2 atom stereocenters. The molecule has 5 rings (SSSR count). The molecule has 0 N–H and O–H groups in total. The molecule has 2 amide bonds. The highest BCUT2D eigenvalue weighted by Gasteiger charge is 2.55. The minimum absolute atomic E-state index is 0.00544. The van der Waals surface area contributed by atoms with Gasteiger partial charge in [-0.05, 0) is 45.6 Å². The maximum atomic E-state index is 13.0. The van der Waals surface area contributed by atoms with Crippen LogP contribution in [0.1, 0.15) is 69.1 Å². The van der Waals surface area contributed by atoms with Crippen LogP contribution in [0.2, 0.25) is 0 Å². The Morgan fingerprint density at radius 2 is 1.97 bits per heavy atom. The van der Waals surface area contributed by atoms with Gasteiger partial charge in [-0.3, -0.25) is 0 Å². The Hall–Kier alpha value is -3.36. The summed E-state index contributed by atoms with van der Waals surface area (Å²) in [6.45, 7) is 10.8. The van der Waals surface area contributed by atoms with Gasteiger partial charge in [0.15, 0.2) is 5.82 Å². The minimum atomic E-state index is -0.530. The van der Waals surface area contributed by atoms with Crippen LogP contribution in [0.15, 0.2) is 47.5 Å². The molecule has 1 aliphatic heterocycles. The molecule has 2 saturated carbocycles. The average Bonchev–Trinajstić information content (AvgIpc) is 3.71. The lowest BCUT2D eigenvalue weighted by atomic mass is 10.0. The molecule has 0 radical (unpaired) electrons. The normalized spacial score (nSPS) is 22.4. The van der Waals surface area contributed by atoms with E-state index in [1.807, 2.05) is 43.9 Å². The van der Waals surface area contributed by atoms with Crippen molar-refractivity contribution >= 4 is 12.2 Å². The molecule has 1 aromatic heterocycles. The monoisotopic (exact) mass is 494 g/mol. The van der Waals surface area contributed by atoms with E-state index in [0.29, 0.717) is 37.3 Å². The van der Waals surface area contributed by atoms with Gasteiger partial charge < -0.3 is 23.8 Å². The Balaban J connectivity index is 1.24. The molecular weight excluding hydrogens is 460 g/mol. The van der Waals surface area contributed by atoms with Crippen molar-refractivity contribution in [1.82, 2.24) is 19.9 Å². The lowest BCUT2D eigenvalue weighted by Gasteiger charge is -2.37. The highest BCUT2D eigenvalue weighted by atomic mass is 16.6. The van der Waals surface area contributed by atoms with Gasteiger partial charge in [0, 0.05) is 31.6 Å². The molecule has 192 valence electrons. The van der Waals surface area contributed by atoms with Crippen LogP contribution >= 0.6 is 0 Å². The second-order valence-electron chi connectivity index (χ2n) is 11.1. The second kappa shape index (κ2) is 9.26. The van der Waals surface area contributed by atoms with Crippen molar-refractivity contribution in [3.05, 3.63) is 60.3 Å². The summed E-state index contributed by atoms with van der Waals surface area (Å²) in [5.41, 5.74) is 0.376. The summed E-state index contributed by atoms with van der Waals surface area (Å²) in [6, 6.07) is 10.4. The van der Waals surface area contributed by atoms with E-state index < -0.39 is 5.60 Å². The third-order valence-electron chi connectivity index (χ3n) is 7.07. The summed E-state index contributed by atoms with van der Waals surface area (Å²) >= 11 is 0. The van der Waals surface area contributed by atoms with E-state index >= 15 is 0 Å². The van der Waals surface area contributed by atoms with E-state index in [-0.39, 0.29) is 36.2 Å². The standard InChI is InChI=1S/C27H34N4O5/c1-5-13-34-25(33)31(21-14-20(21)18-9-7-6-8-10-18)17-27(11-12-27)23-28-22(36-29-23)19-15-30(16-19)24(32)35-26(2,3)4/h5-10,19-21H,1,11-17H2,2-4H3/t20?,21-/m0/s1. The van der Waals surface area contributed by atoms with Gasteiger partial charge in [0.2, 0.25) is 5.89 Å². The van der Waals surface area contributed by atoms with Gasteiger partial charge in [-0.25, -0.2) is 9.59 Å². The molecule has 9 heteroatoms. The molecule has 36 heavy (non-hydrogen) atoms. The number of ether oxygens (including phenoxy) is 2. The molecule has 1 unspecified atom stereocenters. The maximum Gasteiger partial charge on any atom is 0.410 e. The van der Waals surface area contributed by atoms with E-state index in [1.165, 1.54) is 5.56 Å². The summed E-state index contributed by atoms with van der Waals surface area (Å²) in [4.78, 5) is 33.4. The first kappa shape index (κ1) is 24.3. The van der Waals surface area contributed by atoms with E-state index in [0.717, 1.165) is 19.3 Å². The highest BCUT2D eigenvalue weighted by Crippen LogP contribution is 2.52. The summed E-state index contributed by atoms with van der Waals surface area (Å²) in [5.74, 6) is 1.46. The van der Waals surface area contributed by atoms with Crippen LogP contribution in [0, 0.1) is 0 Å². The number of benzene rings is 1. The zero-order valence-corrected chi connectivity index (χ0v) is 21.2. The molecule has 0 bridgehead atoms. The Morgan fingerprint density at radius 3 is 2.61 bits per heavy atom. The molecule has 0 spiro atoms. The van der Waals surface area contributed by atoms with Gasteiger partial charge in [0.1, 0.15) is 12.2 Å². The first-order chi connectivity index (χ1) is 17.2. The average molecular weight is 495 g/mol. The largest absolute Gasteiger partial charge is 0.445 e. The third-order valence-corrected chi connectivity index (χ3v) is 7.07. The van der Waals surface area contributed by atoms with Gasteiger partial charge in [0.25, 0.3) is 0 Å². The number of rotatable bonds is 8. The SMILES string of the molecule is C=CCOC(=O)N(CC1(c2noc(C3CN(C(=O)OC(C)(C)C)C3)n2)CC1)[C@H]1CC1c1ccccc1. The van der Waals surface area contributed by atoms with E-state index in [1.54, 1.807) is 11.0 Å². The summed E-state index contributed by atoms with van der Waals surface area (Å²) in [7, 11) is 0. The van der Waals surface area contributed by atoms with Crippen LogP contribution in [-0.4, -0.2) is 70.0 Å². The zero-order valence-electron chi connectivity index (χ0n) is 21.2. The van der Waals surface area contributed by atoms with Crippen molar-refractivity contribution in [2.24, 2.45) is 0 Å². The summed E-state index contributed by atoms with van der Waals surface area (Å²) in [5, 5.41) is 4.30. The molecule has 3 fully saturated rings. The van der Waals surface area contributed by atoms with Gasteiger partial charge >= 0.3 is 12.2 Å². The summed E-state index contributed by atoms with van der Waals surface area (Å²) in [6.07, 6.45) is 3.59. The topological polar surface area (TPSA) is 98.0 Å². The van der Waals surface area contributed by atoms with E-state index in [4.69, 9.17) is 19.0 Å². The third kappa shape index (κ3) is 5.10. The van der Waals surface area contributed by atoms with Crippen LogP contribution in [0.5, 0.6) is 0 Å². The molecule has 2 heterocycles. The van der Waals surface area contributed by atoms with Crippen molar-refractivity contribution in [3.8, 4) is 0 Å². The second-order valence-corrected chi connectivity index (χ2v) is 11.1. The van der Waals surface area contributed by atoms with Gasteiger partial charge in [-0.1, -0.05) is 48.1 Å². The number of amides is 2. The Bertz CT molecular complexity index is 1110. The number of hydrogen-bond donors (Lipinski definition) is 0. The van der Waals surface area contributed by atoms with Crippen LogP contribution in [-0.2, 0) is 14.9 Å². The van der Waals surface area contributed by atoms with Crippen molar-refractivity contribution in [2.75, 3.05) is 26.2 Å². The lowest BCUT2D eigenvalue weighted by Crippen LogP contribution is -2.50. The molecule has 2 aliphatic carbocycles. The highest BCUT2D eigenvalue weighted by molar-refractivity contribution is 5.70. The zero-order chi connectivity index (χ0) is 25.5. The molecular formula is C27H34N4O5. The van der Waals surface area contributed by atoms with Crippen molar-refractivity contribution < 1.29 is 23.6 Å². The van der Waals surface area contributed by atoms with Gasteiger partial charge in [0.05, 0.1) is 11.3 Å². The van der Waals surface area contributed by atoms with Crippen LogP contribution in [0.25, 0.3) is 0 Å². The van der Waals surface area contributed by atoms with E-state index in [9.17, 15) is 9.59 Å². The number of carbonyl (C=O) groups excluding carboxylic acids is 2. The van der Waals surface area contributed by atoms with Crippen LogP contribution in [0.4, 0.5) is 9.59 Å². The summed E-state index contributed by atoms with van der Waals surface area (Å²) < 4.78 is 16.5. The lowest BCUT2D eigenvalue weighted by molar-refractivity contribution is 0.00557. The minimum Gasteiger partial charge on any atom is -0.445 e. The predicted molar refractivity (Wildman–Crippen MR) is 132 cm³/mol. The predicted octanol–water partition coefficient (Wildman–Crippen LogP) is 4.62. The van der Waals surface area contributed by atoms with Crippen molar-refractivity contribution in [3.63, 3.8) is 0 Å². The number of carbonyl (C=O) groups is 2. The smallest absolute Gasteiger partial charge is 0.410 e. The number of likely N-dealkylation sites (tertiary alicyclic amines) is 1. The van der Waals surface area contributed by atoms with E-state index in [2.05, 4.69) is 23.9 Å². The molecule has 9 nitrogen and oxygen atoms in total. The molecule has 1 aromatic carbocycles.